The quantitative estimate of drug-likeness (QED) is 0.104. The van der Waals surface area contributed by atoms with Gasteiger partial charge in [0.15, 0.2) is 0 Å². The van der Waals surface area contributed by atoms with Gasteiger partial charge in [0.1, 0.15) is 5.75 Å². The van der Waals surface area contributed by atoms with E-state index in [1.165, 1.54) is 18.2 Å². The standard InChI is InChI=1S/C28H20Cl4N2O5/c1-13-10-17(39-28(38)16-11-19(35)33(12-16)14(2)15-6-4-3-5-7-15)8-9-18(13)34-26(36)20-21(27(34)37)23(30)25(32)24(31)22(20)29/h3-10,14,16H,11-12H2,1-2H3/t14-,16+/m0/s1. The van der Waals surface area contributed by atoms with Crippen LogP contribution in [0.5, 0.6) is 5.75 Å². The SMILES string of the molecule is Cc1cc(OC(=O)[C@@H]2CC(=O)N([C@@H](C)c3ccccc3)C2)ccc1N1C(=O)c2c(Cl)c(Cl)c(Cl)c(Cl)c2C1=O. The molecule has 3 aromatic rings. The first-order chi connectivity index (χ1) is 18.5. The van der Waals surface area contributed by atoms with E-state index in [0.717, 1.165) is 10.5 Å². The molecule has 2 atom stereocenters. The molecule has 0 radical (unpaired) electrons. The van der Waals surface area contributed by atoms with Gasteiger partial charge in [0.2, 0.25) is 5.91 Å². The van der Waals surface area contributed by atoms with Gasteiger partial charge >= 0.3 is 5.97 Å². The maximum Gasteiger partial charge on any atom is 0.316 e. The van der Waals surface area contributed by atoms with Crippen LogP contribution >= 0.6 is 46.4 Å². The molecule has 0 bridgehead atoms. The van der Waals surface area contributed by atoms with E-state index in [-0.39, 0.29) is 67.6 Å². The zero-order valence-corrected chi connectivity index (χ0v) is 23.7. The van der Waals surface area contributed by atoms with Crippen LogP contribution in [0, 0.1) is 12.8 Å². The van der Waals surface area contributed by atoms with Crippen LogP contribution in [-0.4, -0.2) is 35.1 Å². The Hall–Kier alpha value is -3.10. The topological polar surface area (TPSA) is 84.0 Å². The van der Waals surface area contributed by atoms with E-state index in [4.69, 9.17) is 51.1 Å². The van der Waals surface area contributed by atoms with Crippen molar-refractivity contribution in [2.24, 2.45) is 5.92 Å². The number of benzene rings is 3. The Morgan fingerprint density at radius 2 is 1.49 bits per heavy atom. The van der Waals surface area contributed by atoms with Gasteiger partial charge in [-0.2, -0.15) is 0 Å². The Morgan fingerprint density at radius 3 is 2.05 bits per heavy atom. The molecule has 200 valence electrons. The molecule has 2 heterocycles. The number of imide groups is 1. The number of aryl methyl sites for hydroxylation is 1. The van der Waals surface area contributed by atoms with E-state index in [2.05, 4.69) is 0 Å². The summed E-state index contributed by atoms with van der Waals surface area (Å²) in [4.78, 5) is 54.6. The molecule has 11 heteroatoms. The van der Waals surface area contributed by atoms with Gasteiger partial charge in [-0.1, -0.05) is 76.7 Å². The van der Waals surface area contributed by atoms with Crippen LogP contribution in [0.15, 0.2) is 48.5 Å². The number of carbonyl (C=O) groups is 4. The molecule has 0 aliphatic carbocycles. The summed E-state index contributed by atoms with van der Waals surface area (Å²) in [7, 11) is 0. The summed E-state index contributed by atoms with van der Waals surface area (Å²) in [5, 5.41) is -0.559. The molecule has 2 aliphatic rings. The van der Waals surface area contributed by atoms with Crippen molar-refractivity contribution in [1.29, 1.82) is 0 Å². The maximum atomic E-state index is 13.2. The minimum atomic E-state index is -0.703. The number of esters is 1. The predicted molar refractivity (Wildman–Crippen MR) is 149 cm³/mol. The third-order valence-corrected chi connectivity index (χ3v) is 8.77. The monoisotopic (exact) mass is 604 g/mol. The Labute approximate surface area is 244 Å². The number of fused-ring (bicyclic) bond motifs is 1. The van der Waals surface area contributed by atoms with Crippen molar-refractivity contribution in [3.63, 3.8) is 0 Å². The lowest BCUT2D eigenvalue weighted by atomic mass is 10.1. The molecule has 0 N–H and O–H groups in total. The second-order valence-electron chi connectivity index (χ2n) is 9.35. The number of likely N-dealkylation sites (tertiary alicyclic amines) is 1. The van der Waals surface area contributed by atoms with Crippen molar-refractivity contribution >= 4 is 75.8 Å². The fourth-order valence-electron chi connectivity index (χ4n) is 4.89. The zero-order chi connectivity index (χ0) is 28.2. The van der Waals surface area contributed by atoms with E-state index in [0.29, 0.717) is 5.56 Å². The Bertz CT molecular complexity index is 1510. The van der Waals surface area contributed by atoms with Gasteiger partial charge in [-0.25, -0.2) is 4.90 Å². The average molecular weight is 606 g/mol. The molecule has 7 nitrogen and oxygen atoms in total. The van der Waals surface area contributed by atoms with Crippen molar-refractivity contribution in [1.82, 2.24) is 4.90 Å². The van der Waals surface area contributed by atoms with Crippen LogP contribution in [-0.2, 0) is 9.59 Å². The van der Waals surface area contributed by atoms with Gasteiger partial charge in [-0.3, -0.25) is 19.2 Å². The molecule has 3 aromatic carbocycles. The molecule has 0 aromatic heterocycles. The third-order valence-electron chi connectivity index (χ3n) is 6.97. The van der Waals surface area contributed by atoms with Crippen molar-refractivity contribution in [2.75, 3.05) is 11.4 Å². The summed E-state index contributed by atoms with van der Waals surface area (Å²) in [6.45, 7) is 3.82. The van der Waals surface area contributed by atoms with Gasteiger partial charge in [-0.05, 0) is 43.2 Å². The number of carbonyl (C=O) groups excluding carboxylic acids is 4. The third kappa shape index (κ3) is 4.67. The summed E-state index contributed by atoms with van der Waals surface area (Å²) < 4.78 is 5.58. The van der Waals surface area contributed by atoms with Gasteiger partial charge in [-0.15, -0.1) is 0 Å². The first-order valence-electron chi connectivity index (χ1n) is 11.9. The molecule has 1 saturated heterocycles. The molecular weight excluding hydrogens is 586 g/mol. The lowest BCUT2D eigenvalue weighted by Gasteiger charge is -2.25. The smallest absolute Gasteiger partial charge is 0.316 e. The minimum absolute atomic E-state index is 0.0503. The average Bonchev–Trinajstić information content (AvgIpc) is 3.43. The number of amides is 3. The number of hydrogen-bond acceptors (Lipinski definition) is 5. The summed E-state index contributed by atoms with van der Waals surface area (Å²) in [5.41, 5.74) is 1.44. The Balaban J connectivity index is 1.33. The van der Waals surface area contributed by atoms with E-state index >= 15 is 0 Å². The number of ether oxygens (including phenoxy) is 1. The first-order valence-corrected chi connectivity index (χ1v) is 13.4. The number of rotatable bonds is 5. The predicted octanol–water partition coefficient (Wildman–Crippen LogP) is 6.92. The second kappa shape index (κ2) is 10.5. The lowest BCUT2D eigenvalue weighted by Crippen LogP contribution is -2.30. The summed E-state index contributed by atoms with van der Waals surface area (Å²) in [5.74, 6) is -2.48. The number of nitrogens with zero attached hydrogens (tertiary/aromatic N) is 2. The van der Waals surface area contributed by atoms with Crippen molar-refractivity contribution in [3.05, 3.63) is 90.9 Å². The fraction of sp³-hybridized carbons (Fsp3) is 0.214. The van der Waals surface area contributed by atoms with Gasteiger partial charge in [0, 0.05) is 13.0 Å². The maximum absolute atomic E-state index is 13.2. The molecule has 1 fully saturated rings. The largest absolute Gasteiger partial charge is 0.426 e. The summed E-state index contributed by atoms with van der Waals surface area (Å²) >= 11 is 24.6. The van der Waals surface area contributed by atoms with E-state index in [1.807, 2.05) is 37.3 Å². The molecule has 0 spiro atoms. The van der Waals surface area contributed by atoms with Crippen LogP contribution in [0.2, 0.25) is 20.1 Å². The van der Waals surface area contributed by atoms with Crippen LogP contribution < -0.4 is 9.64 Å². The van der Waals surface area contributed by atoms with Crippen LogP contribution in [0.3, 0.4) is 0 Å². The number of hydrogen-bond donors (Lipinski definition) is 0. The lowest BCUT2D eigenvalue weighted by molar-refractivity contribution is -0.139. The molecule has 5 rings (SSSR count). The zero-order valence-electron chi connectivity index (χ0n) is 20.6. The highest BCUT2D eigenvalue weighted by atomic mass is 35.5. The Kier molecular flexibility index (Phi) is 7.37. The molecule has 2 aliphatic heterocycles. The van der Waals surface area contributed by atoms with Crippen molar-refractivity contribution < 1.29 is 23.9 Å². The number of halogens is 4. The first kappa shape index (κ1) is 27.5. The van der Waals surface area contributed by atoms with E-state index in [9.17, 15) is 19.2 Å². The summed E-state index contributed by atoms with van der Waals surface area (Å²) in [6, 6.07) is 13.9. The van der Waals surface area contributed by atoms with Gasteiger partial charge in [0.25, 0.3) is 11.8 Å². The molecule has 0 unspecified atom stereocenters. The van der Waals surface area contributed by atoms with Crippen LogP contribution in [0.4, 0.5) is 5.69 Å². The van der Waals surface area contributed by atoms with E-state index in [1.54, 1.807) is 11.8 Å². The highest BCUT2D eigenvalue weighted by molar-refractivity contribution is 6.56. The summed E-state index contributed by atoms with van der Waals surface area (Å²) in [6.07, 6.45) is 0.0503. The molecule has 39 heavy (non-hydrogen) atoms. The van der Waals surface area contributed by atoms with E-state index < -0.39 is 23.7 Å². The fourth-order valence-corrected chi connectivity index (χ4v) is 5.90. The second-order valence-corrected chi connectivity index (χ2v) is 10.9. The highest BCUT2D eigenvalue weighted by Crippen LogP contribution is 2.46. The van der Waals surface area contributed by atoms with Crippen molar-refractivity contribution in [2.45, 2.75) is 26.3 Å². The minimum Gasteiger partial charge on any atom is -0.426 e. The van der Waals surface area contributed by atoms with Gasteiger partial charge in [0.05, 0.1) is 48.9 Å². The van der Waals surface area contributed by atoms with Crippen molar-refractivity contribution in [3.8, 4) is 5.75 Å². The van der Waals surface area contributed by atoms with Crippen LogP contribution in [0.1, 0.15) is 51.2 Å². The number of anilines is 1. The molecule has 3 amide bonds. The van der Waals surface area contributed by atoms with Crippen LogP contribution in [0.25, 0.3) is 0 Å². The van der Waals surface area contributed by atoms with Gasteiger partial charge < -0.3 is 9.64 Å². The Morgan fingerprint density at radius 1 is 0.897 bits per heavy atom. The normalized spacial score (nSPS) is 17.6. The molecule has 0 saturated carbocycles. The highest BCUT2D eigenvalue weighted by Gasteiger charge is 2.43. The molecular formula is C28H20Cl4N2O5.